The average Bonchev–Trinajstić information content (AvgIpc) is 2.42. The van der Waals surface area contributed by atoms with Gasteiger partial charge >= 0.3 is 0 Å². The van der Waals surface area contributed by atoms with Gasteiger partial charge in [0.25, 0.3) is 0 Å². The van der Waals surface area contributed by atoms with E-state index < -0.39 is 0 Å². The summed E-state index contributed by atoms with van der Waals surface area (Å²) >= 11 is 0. The van der Waals surface area contributed by atoms with Crippen LogP contribution in [0.3, 0.4) is 0 Å². The summed E-state index contributed by atoms with van der Waals surface area (Å²) in [5.41, 5.74) is 7.15. The van der Waals surface area contributed by atoms with Crippen LogP contribution in [0.2, 0.25) is 0 Å². The number of benzene rings is 1. The summed E-state index contributed by atoms with van der Waals surface area (Å²) in [4.78, 5) is 0. The molecule has 0 fully saturated rings. The second-order valence-corrected chi connectivity index (χ2v) is 5.83. The van der Waals surface area contributed by atoms with Crippen molar-refractivity contribution in [1.82, 2.24) is 0 Å². The first-order chi connectivity index (χ1) is 9.11. The lowest BCUT2D eigenvalue weighted by atomic mass is 9.92. The molecule has 0 spiro atoms. The van der Waals surface area contributed by atoms with Crippen molar-refractivity contribution < 1.29 is 4.74 Å². The van der Waals surface area contributed by atoms with E-state index in [9.17, 15) is 0 Å². The SMILES string of the molecule is CCCC1CCC(Cc2ccc(C)c(C)c2C)=CO1. The van der Waals surface area contributed by atoms with Crippen LogP contribution >= 0.6 is 0 Å². The minimum atomic E-state index is 0.453. The molecule has 0 aliphatic carbocycles. The maximum absolute atomic E-state index is 5.83. The van der Waals surface area contributed by atoms with Gasteiger partial charge in [-0.15, -0.1) is 0 Å². The molecule has 1 aliphatic rings. The van der Waals surface area contributed by atoms with Crippen LogP contribution in [0.1, 0.15) is 54.9 Å². The van der Waals surface area contributed by atoms with Gasteiger partial charge in [0.1, 0.15) is 0 Å². The highest BCUT2D eigenvalue weighted by atomic mass is 16.5. The number of ether oxygens (including phenoxy) is 1. The molecule has 1 heterocycles. The Kier molecular flexibility index (Phi) is 4.68. The van der Waals surface area contributed by atoms with Crippen LogP contribution < -0.4 is 0 Å². The quantitative estimate of drug-likeness (QED) is 0.737. The number of allylic oxidation sites excluding steroid dienone is 1. The Balaban J connectivity index is 2.05. The number of hydrogen-bond donors (Lipinski definition) is 0. The molecule has 1 aliphatic heterocycles. The van der Waals surface area contributed by atoms with E-state index in [0.717, 1.165) is 6.42 Å². The highest BCUT2D eigenvalue weighted by molar-refractivity contribution is 5.40. The second kappa shape index (κ2) is 6.27. The molecule has 0 N–H and O–H groups in total. The van der Waals surface area contributed by atoms with E-state index >= 15 is 0 Å². The van der Waals surface area contributed by atoms with Crippen LogP contribution in [0, 0.1) is 20.8 Å². The van der Waals surface area contributed by atoms with Crippen molar-refractivity contribution in [2.24, 2.45) is 0 Å². The number of aryl methyl sites for hydroxylation is 1. The van der Waals surface area contributed by atoms with E-state index in [4.69, 9.17) is 4.74 Å². The lowest BCUT2D eigenvalue weighted by Gasteiger charge is -2.23. The maximum atomic E-state index is 5.83. The molecule has 1 aromatic carbocycles. The summed E-state index contributed by atoms with van der Waals surface area (Å²) in [6.07, 6.45) is 8.30. The van der Waals surface area contributed by atoms with Gasteiger partial charge in [-0.3, -0.25) is 0 Å². The third-order valence-corrected chi connectivity index (χ3v) is 4.41. The first kappa shape index (κ1) is 14.2. The van der Waals surface area contributed by atoms with Gasteiger partial charge in [-0.2, -0.15) is 0 Å². The first-order valence-electron chi connectivity index (χ1n) is 7.51. The van der Waals surface area contributed by atoms with Gasteiger partial charge in [-0.25, -0.2) is 0 Å². The Bertz CT molecular complexity index is 471. The standard InChI is InChI=1S/C18H26O/c1-5-6-18-10-8-16(12-19-18)11-17-9-7-13(2)14(3)15(17)4/h7,9,12,18H,5-6,8,10-11H2,1-4H3. The molecule has 0 saturated carbocycles. The topological polar surface area (TPSA) is 9.23 Å². The molecule has 1 unspecified atom stereocenters. The highest BCUT2D eigenvalue weighted by Crippen LogP contribution is 2.26. The molecule has 1 nitrogen and oxygen atoms in total. The van der Waals surface area contributed by atoms with Crippen molar-refractivity contribution in [3.63, 3.8) is 0 Å². The van der Waals surface area contributed by atoms with Crippen molar-refractivity contribution >= 4 is 0 Å². The molecule has 19 heavy (non-hydrogen) atoms. The largest absolute Gasteiger partial charge is 0.498 e. The van der Waals surface area contributed by atoms with Crippen molar-refractivity contribution in [2.45, 2.75) is 65.9 Å². The smallest absolute Gasteiger partial charge is 0.0981 e. The van der Waals surface area contributed by atoms with E-state index in [2.05, 4.69) is 39.8 Å². The molecular weight excluding hydrogens is 232 g/mol. The minimum Gasteiger partial charge on any atom is -0.498 e. The number of rotatable bonds is 4. The van der Waals surface area contributed by atoms with Gasteiger partial charge in [0.2, 0.25) is 0 Å². The molecule has 1 atom stereocenters. The van der Waals surface area contributed by atoms with Crippen LogP contribution in [0.5, 0.6) is 0 Å². The maximum Gasteiger partial charge on any atom is 0.0981 e. The van der Waals surface area contributed by atoms with Gasteiger partial charge in [-0.05, 0) is 74.3 Å². The predicted octanol–water partition coefficient (Wildman–Crippen LogP) is 5.02. The van der Waals surface area contributed by atoms with Gasteiger partial charge in [0, 0.05) is 0 Å². The normalized spacial score (nSPS) is 18.9. The van der Waals surface area contributed by atoms with Crippen molar-refractivity contribution in [2.75, 3.05) is 0 Å². The molecule has 0 radical (unpaired) electrons. The number of hydrogen-bond acceptors (Lipinski definition) is 1. The lowest BCUT2D eigenvalue weighted by Crippen LogP contribution is -2.15. The Hall–Kier alpha value is -1.24. The Morgan fingerprint density at radius 2 is 1.95 bits per heavy atom. The molecule has 0 amide bonds. The molecule has 1 heteroatoms. The van der Waals surface area contributed by atoms with Crippen molar-refractivity contribution in [3.05, 3.63) is 46.2 Å². The summed E-state index contributed by atoms with van der Waals surface area (Å²) in [6.45, 7) is 8.87. The molecular formula is C18H26O. The lowest BCUT2D eigenvalue weighted by molar-refractivity contribution is 0.110. The average molecular weight is 258 g/mol. The third kappa shape index (κ3) is 3.40. The molecule has 1 aromatic rings. The fraction of sp³-hybridized carbons (Fsp3) is 0.556. The van der Waals surface area contributed by atoms with Crippen LogP contribution in [-0.4, -0.2) is 6.10 Å². The van der Waals surface area contributed by atoms with Gasteiger partial charge in [-0.1, -0.05) is 25.5 Å². The minimum absolute atomic E-state index is 0.453. The molecule has 104 valence electrons. The predicted molar refractivity (Wildman–Crippen MR) is 81.5 cm³/mol. The molecule has 0 saturated heterocycles. The zero-order valence-electron chi connectivity index (χ0n) is 12.8. The van der Waals surface area contributed by atoms with Gasteiger partial charge < -0.3 is 4.74 Å². The zero-order valence-corrected chi connectivity index (χ0v) is 12.8. The Labute approximate surface area is 117 Å². The Morgan fingerprint density at radius 3 is 2.58 bits per heavy atom. The van der Waals surface area contributed by atoms with E-state index in [1.165, 1.54) is 53.5 Å². The Morgan fingerprint density at radius 1 is 1.16 bits per heavy atom. The molecule has 0 bridgehead atoms. The van der Waals surface area contributed by atoms with Crippen LogP contribution in [-0.2, 0) is 11.2 Å². The second-order valence-electron chi connectivity index (χ2n) is 5.83. The van der Waals surface area contributed by atoms with Crippen LogP contribution in [0.15, 0.2) is 24.0 Å². The van der Waals surface area contributed by atoms with Gasteiger partial charge in [0.05, 0.1) is 12.4 Å². The van der Waals surface area contributed by atoms with Crippen LogP contribution in [0.4, 0.5) is 0 Å². The molecule has 2 rings (SSSR count). The van der Waals surface area contributed by atoms with Crippen LogP contribution in [0.25, 0.3) is 0 Å². The zero-order chi connectivity index (χ0) is 13.8. The highest BCUT2D eigenvalue weighted by Gasteiger charge is 2.15. The van der Waals surface area contributed by atoms with Gasteiger partial charge in [0.15, 0.2) is 0 Å². The van der Waals surface area contributed by atoms with E-state index in [0.29, 0.717) is 6.10 Å². The first-order valence-corrected chi connectivity index (χ1v) is 7.51. The van der Waals surface area contributed by atoms with E-state index in [1.807, 2.05) is 6.26 Å². The molecule has 0 aromatic heterocycles. The summed E-state index contributed by atoms with van der Waals surface area (Å²) in [7, 11) is 0. The monoisotopic (exact) mass is 258 g/mol. The third-order valence-electron chi connectivity index (χ3n) is 4.41. The summed E-state index contributed by atoms with van der Waals surface area (Å²) in [6, 6.07) is 4.51. The fourth-order valence-corrected chi connectivity index (χ4v) is 2.78. The summed E-state index contributed by atoms with van der Waals surface area (Å²) < 4.78 is 5.83. The summed E-state index contributed by atoms with van der Waals surface area (Å²) in [5, 5.41) is 0. The summed E-state index contributed by atoms with van der Waals surface area (Å²) in [5.74, 6) is 0. The van der Waals surface area contributed by atoms with E-state index in [-0.39, 0.29) is 0 Å². The van der Waals surface area contributed by atoms with Crippen molar-refractivity contribution in [1.29, 1.82) is 0 Å². The fourth-order valence-electron chi connectivity index (χ4n) is 2.78. The van der Waals surface area contributed by atoms with Crippen molar-refractivity contribution in [3.8, 4) is 0 Å². The van der Waals surface area contributed by atoms with E-state index in [1.54, 1.807) is 0 Å².